The molecule has 2 heterocycles. The van der Waals surface area contributed by atoms with Crippen LogP contribution in [0.15, 0.2) is 78.7 Å². The summed E-state index contributed by atoms with van der Waals surface area (Å²) >= 11 is 0. The predicted octanol–water partition coefficient (Wildman–Crippen LogP) is 16.4. The number of ether oxygens (including phenoxy) is 5. The molecule has 14 heteroatoms. The van der Waals surface area contributed by atoms with Gasteiger partial charge in [-0.2, -0.15) is 0 Å². The Morgan fingerprint density at radius 3 is 1.55 bits per heavy atom. The average molecular weight is 1140 g/mol. The van der Waals surface area contributed by atoms with Crippen molar-refractivity contribution in [1.82, 2.24) is 16.0 Å². The van der Waals surface area contributed by atoms with E-state index < -0.39 is 29.9 Å². The number of hydrogen-bond donors (Lipinski definition) is 3. The molecule has 0 saturated carbocycles. The molecule has 1 aliphatic carbocycles. The van der Waals surface area contributed by atoms with Gasteiger partial charge in [0.1, 0.15) is 18.1 Å². The minimum absolute atomic E-state index is 0.0820. The molecule has 3 N–H and O–H groups in total. The van der Waals surface area contributed by atoms with Gasteiger partial charge in [0.25, 0.3) is 0 Å². The third-order valence-corrected chi connectivity index (χ3v) is 16.3. The Morgan fingerprint density at radius 1 is 0.598 bits per heavy atom. The standard InChI is InChI=1S/C68H105N5O9/c1-5-8-10-12-14-16-18-20-22-24-26-28-30-32-34-38-46-70-66(76)79-51-48-72(7-3)56-42-44-60-62(54-56)81-63-55-57(43-45-61(63)68(60)59-41-37-36-40-58(59)64(74)82-68)73(49-52-78-65(75)69-4)50-53-80-67(77)71-47-39-35-33-31-29-27-25-23-21-19-17-15-13-11-9-6-2/h7,36-37,40-45,54H,3,5-6,8-35,38-39,46-53,55H2,1-2,4H3,(H2-,69,70,71,75,76,77)/p+1. The number of amides is 3. The van der Waals surface area contributed by atoms with Crippen molar-refractivity contribution < 1.29 is 47.4 Å². The normalized spacial score (nSPS) is 15.5. The molecule has 5 rings (SSSR count). The van der Waals surface area contributed by atoms with E-state index in [0.29, 0.717) is 72.9 Å². The summed E-state index contributed by atoms with van der Waals surface area (Å²) in [5.74, 6) is 0.646. The summed E-state index contributed by atoms with van der Waals surface area (Å²) < 4.78 is 32.0. The van der Waals surface area contributed by atoms with Crippen molar-refractivity contribution in [3.63, 3.8) is 0 Å². The van der Waals surface area contributed by atoms with Crippen LogP contribution in [0, 0.1) is 0 Å². The van der Waals surface area contributed by atoms with Gasteiger partial charge >= 0.3 is 24.2 Å². The molecule has 0 aromatic heterocycles. The van der Waals surface area contributed by atoms with Crippen molar-refractivity contribution in [2.75, 3.05) is 64.5 Å². The summed E-state index contributed by atoms with van der Waals surface area (Å²) in [6, 6.07) is 13.2. The number of esters is 1. The Balaban J connectivity index is 1.09. The van der Waals surface area contributed by atoms with Crippen LogP contribution in [-0.4, -0.2) is 94.1 Å². The SMILES string of the molecule is C=CN(CCOC(=O)NCCCCCCCCCCCCCCCCCC)c1ccc2c(c1)OC1=C(C=CC(=[N+](CCOC(=O)NC)CCOC(=O)NCCCCCCCCCCCCCCCCCC)C1)C21OC(=O)c2ccccc21. The zero-order valence-corrected chi connectivity index (χ0v) is 51.0. The molecule has 2 aromatic carbocycles. The first-order chi connectivity index (χ1) is 40.2. The number of fused-ring (bicyclic) bond motifs is 5. The van der Waals surface area contributed by atoms with E-state index in [1.807, 2.05) is 58.0 Å². The maximum absolute atomic E-state index is 13.7. The molecule has 3 aliphatic rings. The molecule has 456 valence electrons. The Bertz CT molecular complexity index is 2310. The second-order valence-corrected chi connectivity index (χ2v) is 22.7. The van der Waals surface area contributed by atoms with Crippen LogP contribution < -0.4 is 25.6 Å². The van der Waals surface area contributed by atoms with Gasteiger partial charge in [-0.25, -0.2) is 23.8 Å². The van der Waals surface area contributed by atoms with Gasteiger partial charge in [-0.05, 0) is 43.3 Å². The molecular weight excluding hydrogens is 1030 g/mol. The molecule has 1 atom stereocenters. The van der Waals surface area contributed by atoms with Crippen molar-refractivity contribution in [2.45, 2.75) is 231 Å². The predicted molar refractivity (Wildman–Crippen MR) is 331 cm³/mol. The maximum Gasteiger partial charge on any atom is 0.407 e. The van der Waals surface area contributed by atoms with Gasteiger partial charge in [-0.15, -0.1) is 0 Å². The average Bonchev–Trinajstić information content (AvgIpc) is 3.73. The zero-order chi connectivity index (χ0) is 58.3. The smallest absolute Gasteiger partial charge is 0.407 e. The van der Waals surface area contributed by atoms with E-state index in [-0.39, 0.29) is 19.8 Å². The number of nitrogens with one attached hydrogen (secondary N) is 3. The van der Waals surface area contributed by atoms with Crippen LogP contribution in [0.1, 0.15) is 247 Å². The topological polar surface area (TPSA) is 157 Å². The number of carbonyl (C=O) groups is 4. The molecule has 1 spiro atoms. The van der Waals surface area contributed by atoms with Crippen LogP contribution >= 0.6 is 0 Å². The van der Waals surface area contributed by atoms with Crippen molar-refractivity contribution in [3.8, 4) is 5.75 Å². The monoisotopic (exact) mass is 1140 g/mol. The zero-order valence-electron chi connectivity index (χ0n) is 51.0. The van der Waals surface area contributed by atoms with Crippen molar-refractivity contribution >= 4 is 35.6 Å². The number of unbranched alkanes of at least 4 members (excludes halogenated alkanes) is 30. The molecule has 0 saturated heterocycles. The molecular formula is C68H106N5O9+. The Morgan fingerprint density at radius 2 is 1.06 bits per heavy atom. The van der Waals surface area contributed by atoms with Gasteiger partial charge in [0.15, 0.2) is 37.6 Å². The summed E-state index contributed by atoms with van der Waals surface area (Å²) in [7, 11) is 1.51. The van der Waals surface area contributed by atoms with E-state index in [0.717, 1.165) is 37.1 Å². The minimum atomic E-state index is -1.29. The molecule has 0 bridgehead atoms. The van der Waals surface area contributed by atoms with Crippen LogP contribution in [0.25, 0.3) is 0 Å². The van der Waals surface area contributed by atoms with Crippen LogP contribution in [0.4, 0.5) is 20.1 Å². The molecule has 1 unspecified atom stereocenters. The first-order valence-corrected chi connectivity index (χ1v) is 32.5. The van der Waals surface area contributed by atoms with E-state index in [4.69, 9.17) is 23.7 Å². The summed E-state index contributed by atoms with van der Waals surface area (Å²) in [6.45, 7) is 11.0. The lowest BCUT2D eigenvalue weighted by Crippen LogP contribution is -2.38. The molecule has 0 radical (unpaired) electrons. The van der Waals surface area contributed by atoms with Crippen molar-refractivity contribution in [3.05, 3.63) is 95.4 Å². The van der Waals surface area contributed by atoms with E-state index in [1.54, 1.807) is 12.3 Å². The number of rotatable bonds is 45. The van der Waals surface area contributed by atoms with Gasteiger partial charge in [0, 0.05) is 54.7 Å². The number of nitrogens with zero attached hydrogens (tertiary/aromatic N) is 2. The Labute approximate surface area is 494 Å². The lowest BCUT2D eigenvalue weighted by atomic mass is 9.75. The van der Waals surface area contributed by atoms with Gasteiger partial charge in [-0.3, -0.25) is 0 Å². The van der Waals surface area contributed by atoms with Gasteiger partial charge in [0.2, 0.25) is 0 Å². The quantitative estimate of drug-likeness (QED) is 0.0252. The van der Waals surface area contributed by atoms with Crippen LogP contribution in [0.5, 0.6) is 5.75 Å². The van der Waals surface area contributed by atoms with Crippen molar-refractivity contribution in [1.29, 1.82) is 0 Å². The summed E-state index contributed by atoms with van der Waals surface area (Å²) in [5.41, 5.74) is 2.85. The summed E-state index contributed by atoms with van der Waals surface area (Å²) in [4.78, 5) is 53.3. The fraction of sp³-hybridized carbons (Fsp3) is 0.662. The Hall–Kier alpha value is -5.79. The Kier molecular flexibility index (Phi) is 33.0. The first kappa shape index (κ1) is 67.0. The van der Waals surface area contributed by atoms with Gasteiger partial charge in [-0.1, -0.05) is 231 Å². The minimum Gasteiger partial charge on any atom is -0.460 e. The third-order valence-electron chi connectivity index (χ3n) is 16.3. The number of allylic oxidation sites excluding steroid dienone is 2. The van der Waals surface area contributed by atoms with Crippen molar-refractivity contribution in [2.24, 2.45) is 0 Å². The van der Waals surface area contributed by atoms with E-state index in [1.165, 1.54) is 187 Å². The molecule has 82 heavy (non-hydrogen) atoms. The summed E-state index contributed by atoms with van der Waals surface area (Å²) in [6.07, 6.45) is 45.9. The van der Waals surface area contributed by atoms with E-state index in [9.17, 15) is 19.2 Å². The second kappa shape index (κ2) is 40.4. The first-order valence-electron chi connectivity index (χ1n) is 32.5. The molecule has 0 fully saturated rings. The lowest BCUT2D eigenvalue weighted by molar-refractivity contribution is -0.531. The second-order valence-electron chi connectivity index (χ2n) is 22.7. The fourth-order valence-electron chi connectivity index (χ4n) is 11.5. The molecule has 14 nitrogen and oxygen atoms in total. The molecule has 2 aromatic rings. The van der Waals surface area contributed by atoms with Gasteiger partial charge in [0.05, 0.1) is 18.5 Å². The number of benzene rings is 2. The van der Waals surface area contributed by atoms with Crippen LogP contribution in [0.3, 0.4) is 0 Å². The molecule has 3 amide bonds. The number of anilines is 1. The number of carbonyl (C=O) groups excluding carboxylic acids is 4. The van der Waals surface area contributed by atoms with E-state index >= 15 is 0 Å². The van der Waals surface area contributed by atoms with Crippen LogP contribution in [-0.2, 0) is 24.5 Å². The number of alkyl carbamates (subject to hydrolysis) is 3. The van der Waals surface area contributed by atoms with Crippen LogP contribution in [0.2, 0.25) is 0 Å². The highest BCUT2D eigenvalue weighted by atomic mass is 16.6. The fourth-order valence-corrected chi connectivity index (χ4v) is 11.5. The lowest BCUT2D eigenvalue weighted by Gasteiger charge is -2.38. The largest absolute Gasteiger partial charge is 0.460 e. The third kappa shape index (κ3) is 23.5. The highest BCUT2D eigenvalue weighted by Crippen LogP contribution is 2.55. The number of hydrogen-bond acceptors (Lipinski definition) is 10. The van der Waals surface area contributed by atoms with E-state index in [2.05, 4.69) is 36.4 Å². The highest BCUT2D eigenvalue weighted by molar-refractivity contribution is 5.99. The summed E-state index contributed by atoms with van der Waals surface area (Å²) in [5, 5.41) is 8.32. The molecule has 2 aliphatic heterocycles. The highest BCUT2D eigenvalue weighted by Gasteiger charge is 2.55. The van der Waals surface area contributed by atoms with Gasteiger partial charge < -0.3 is 44.5 Å². The maximum atomic E-state index is 13.7.